The number of nitrogens with zero attached hydrogens (tertiary/aromatic N) is 1. The average Bonchev–Trinajstić information content (AvgIpc) is 2.87. The van der Waals surface area contributed by atoms with Crippen LogP contribution >= 0.6 is 0 Å². The zero-order chi connectivity index (χ0) is 27.1. The smallest absolute Gasteiger partial charge is 0.407 e. The van der Waals surface area contributed by atoms with Gasteiger partial charge in [0.2, 0.25) is 11.8 Å². The van der Waals surface area contributed by atoms with Gasteiger partial charge >= 0.3 is 6.09 Å². The number of anilines is 2. The highest BCUT2D eigenvalue weighted by atomic mass is 16.6. The third kappa shape index (κ3) is 8.61. The van der Waals surface area contributed by atoms with E-state index in [1.807, 2.05) is 32.9 Å². The summed E-state index contributed by atoms with van der Waals surface area (Å²) in [6.07, 6.45) is 8.38. The molecule has 4 N–H and O–H groups in total. The fourth-order valence-corrected chi connectivity index (χ4v) is 5.69. The molecule has 3 aliphatic rings. The van der Waals surface area contributed by atoms with Gasteiger partial charge in [0.15, 0.2) is 0 Å². The summed E-state index contributed by atoms with van der Waals surface area (Å²) >= 11 is 0. The molecule has 1 aromatic carbocycles. The Hall–Kier alpha value is -2.81. The number of hydrogen-bond donors (Lipinski definition) is 4. The quantitative estimate of drug-likeness (QED) is 0.379. The van der Waals surface area contributed by atoms with Gasteiger partial charge in [0.25, 0.3) is 0 Å². The number of nitrogens with one attached hydrogen (secondary N) is 4. The fourth-order valence-electron chi connectivity index (χ4n) is 5.69. The van der Waals surface area contributed by atoms with E-state index in [-0.39, 0.29) is 30.0 Å². The second-order valence-corrected chi connectivity index (χ2v) is 12.1. The van der Waals surface area contributed by atoms with Crippen molar-refractivity contribution in [3.63, 3.8) is 0 Å². The van der Waals surface area contributed by atoms with Gasteiger partial charge in [-0.2, -0.15) is 0 Å². The Balaban J connectivity index is 1.09. The number of carbonyl (C=O) groups excluding carboxylic acids is 3. The maximum absolute atomic E-state index is 12.0. The van der Waals surface area contributed by atoms with Gasteiger partial charge in [-0.25, -0.2) is 4.79 Å². The SMILES string of the molecule is CC(C)(C)OC(=O)NC1CCC(NCCC2CCN(c3ccc(NC4CCC(=O)NC4=O)cc3)CC2)CC1. The summed E-state index contributed by atoms with van der Waals surface area (Å²) in [5.41, 5.74) is 1.66. The highest BCUT2D eigenvalue weighted by Crippen LogP contribution is 2.27. The zero-order valence-corrected chi connectivity index (χ0v) is 23.2. The predicted octanol–water partition coefficient (Wildman–Crippen LogP) is 3.94. The highest BCUT2D eigenvalue weighted by molar-refractivity contribution is 6.01. The van der Waals surface area contributed by atoms with Crippen LogP contribution in [0.2, 0.25) is 0 Å². The molecule has 1 aliphatic carbocycles. The second-order valence-electron chi connectivity index (χ2n) is 12.1. The van der Waals surface area contributed by atoms with Gasteiger partial charge in [0, 0.05) is 43.0 Å². The van der Waals surface area contributed by atoms with Crippen LogP contribution in [-0.4, -0.2) is 61.3 Å². The molecule has 1 saturated carbocycles. The number of amides is 3. The van der Waals surface area contributed by atoms with Gasteiger partial charge in [0.05, 0.1) is 0 Å². The molecule has 2 aliphatic heterocycles. The van der Waals surface area contributed by atoms with Crippen molar-refractivity contribution in [2.75, 3.05) is 29.9 Å². The van der Waals surface area contributed by atoms with Gasteiger partial charge in [-0.1, -0.05) is 0 Å². The van der Waals surface area contributed by atoms with Crippen molar-refractivity contribution in [3.05, 3.63) is 24.3 Å². The van der Waals surface area contributed by atoms with Crippen molar-refractivity contribution >= 4 is 29.3 Å². The Morgan fingerprint density at radius 1 is 0.974 bits per heavy atom. The molecule has 3 amide bonds. The molecule has 9 nitrogen and oxygen atoms in total. The van der Waals surface area contributed by atoms with Crippen LogP contribution in [-0.2, 0) is 14.3 Å². The van der Waals surface area contributed by atoms with Gasteiger partial charge in [-0.05, 0) is 109 Å². The number of carbonyl (C=O) groups is 3. The monoisotopic (exact) mass is 527 g/mol. The zero-order valence-electron chi connectivity index (χ0n) is 23.2. The van der Waals surface area contributed by atoms with E-state index in [4.69, 9.17) is 4.74 Å². The lowest BCUT2D eigenvalue weighted by atomic mass is 9.90. The lowest BCUT2D eigenvalue weighted by Gasteiger charge is -2.34. The second kappa shape index (κ2) is 12.8. The van der Waals surface area contributed by atoms with Crippen LogP contribution in [0.4, 0.5) is 16.2 Å². The molecule has 2 heterocycles. The van der Waals surface area contributed by atoms with Crippen molar-refractivity contribution < 1.29 is 19.1 Å². The van der Waals surface area contributed by atoms with E-state index < -0.39 is 5.60 Å². The van der Waals surface area contributed by atoms with Gasteiger partial charge < -0.3 is 25.6 Å². The third-order valence-corrected chi connectivity index (χ3v) is 7.86. The van der Waals surface area contributed by atoms with Gasteiger partial charge in [-0.15, -0.1) is 0 Å². The minimum atomic E-state index is -0.458. The van der Waals surface area contributed by atoms with Crippen LogP contribution in [0.25, 0.3) is 0 Å². The molecule has 1 atom stereocenters. The van der Waals surface area contributed by atoms with Crippen molar-refractivity contribution in [1.82, 2.24) is 16.0 Å². The molecule has 2 saturated heterocycles. The summed E-state index contributed by atoms with van der Waals surface area (Å²) in [6.45, 7) is 8.85. The third-order valence-electron chi connectivity index (χ3n) is 7.86. The summed E-state index contributed by atoms with van der Waals surface area (Å²) in [6, 6.07) is 8.67. The Labute approximate surface area is 226 Å². The molecule has 38 heavy (non-hydrogen) atoms. The summed E-state index contributed by atoms with van der Waals surface area (Å²) in [5.74, 6) is 0.307. The number of hydrogen-bond acceptors (Lipinski definition) is 7. The topological polar surface area (TPSA) is 112 Å². The van der Waals surface area contributed by atoms with Crippen molar-refractivity contribution in [2.24, 2.45) is 5.92 Å². The molecular formula is C29H45N5O4. The van der Waals surface area contributed by atoms with Crippen molar-refractivity contribution in [3.8, 4) is 0 Å². The van der Waals surface area contributed by atoms with E-state index in [0.29, 0.717) is 18.9 Å². The Morgan fingerprint density at radius 3 is 2.26 bits per heavy atom. The first-order valence-corrected chi connectivity index (χ1v) is 14.3. The van der Waals surface area contributed by atoms with E-state index in [1.54, 1.807) is 0 Å². The van der Waals surface area contributed by atoms with Gasteiger partial charge in [0.1, 0.15) is 11.6 Å². The largest absolute Gasteiger partial charge is 0.444 e. The number of piperidine rings is 2. The van der Waals surface area contributed by atoms with Crippen LogP contribution in [0.5, 0.6) is 0 Å². The molecule has 3 fully saturated rings. The van der Waals surface area contributed by atoms with E-state index in [2.05, 4.69) is 38.3 Å². The first-order valence-electron chi connectivity index (χ1n) is 14.3. The minimum Gasteiger partial charge on any atom is -0.444 e. The predicted molar refractivity (Wildman–Crippen MR) is 149 cm³/mol. The van der Waals surface area contributed by atoms with Crippen LogP contribution in [0.1, 0.15) is 78.6 Å². The van der Waals surface area contributed by atoms with Crippen LogP contribution < -0.4 is 26.2 Å². The van der Waals surface area contributed by atoms with Crippen LogP contribution in [0.15, 0.2) is 24.3 Å². The van der Waals surface area contributed by atoms with E-state index in [1.165, 1.54) is 24.9 Å². The Morgan fingerprint density at radius 2 is 1.63 bits per heavy atom. The molecule has 4 rings (SSSR count). The van der Waals surface area contributed by atoms with E-state index in [0.717, 1.165) is 56.9 Å². The standard InChI is InChI=1S/C29H45N5O4/c1-29(2,3)38-28(37)32-23-6-4-21(5-7-23)30-17-14-20-15-18-34(19-16-20)24-10-8-22(9-11-24)31-25-12-13-26(35)33-27(25)36/h8-11,20-21,23,25,30-31H,4-7,12-19H2,1-3H3,(H,32,37)(H,33,35,36). The maximum Gasteiger partial charge on any atom is 0.407 e. The summed E-state index contributed by atoms with van der Waals surface area (Å²) in [4.78, 5) is 37.8. The lowest BCUT2D eigenvalue weighted by molar-refractivity contribution is -0.133. The molecule has 0 spiro atoms. The first kappa shape index (κ1) is 28.2. The van der Waals surface area contributed by atoms with E-state index >= 15 is 0 Å². The average molecular weight is 528 g/mol. The van der Waals surface area contributed by atoms with Gasteiger partial charge in [-0.3, -0.25) is 14.9 Å². The molecule has 9 heteroatoms. The normalized spacial score (nSPS) is 25.0. The molecule has 0 radical (unpaired) electrons. The van der Waals surface area contributed by atoms with E-state index in [9.17, 15) is 14.4 Å². The number of imide groups is 1. The Bertz CT molecular complexity index is 945. The summed E-state index contributed by atoms with van der Waals surface area (Å²) < 4.78 is 5.38. The number of benzene rings is 1. The fraction of sp³-hybridized carbons (Fsp3) is 0.690. The lowest BCUT2D eigenvalue weighted by Crippen LogP contribution is -2.47. The Kier molecular flexibility index (Phi) is 9.52. The van der Waals surface area contributed by atoms with Crippen molar-refractivity contribution in [2.45, 2.75) is 102 Å². The molecule has 1 unspecified atom stereocenters. The summed E-state index contributed by atoms with van der Waals surface area (Å²) in [5, 5.41) is 12.4. The van der Waals surface area contributed by atoms with Crippen LogP contribution in [0, 0.1) is 5.92 Å². The van der Waals surface area contributed by atoms with Crippen molar-refractivity contribution in [1.29, 1.82) is 0 Å². The number of ether oxygens (including phenoxy) is 1. The molecule has 0 bridgehead atoms. The highest BCUT2D eigenvalue weighted by Gasteiger charge is 2.27. The minimum absolute atomic E-state index is 0.195. The molecule has 0 aromatic heterocycles. The number of alkyl carbamates (subject to hydrolysis) is 1. The molecular weight excluding hydrogens is 482 g/mol. The number of rotatable bonds is 8. The van der Waals surface area contributed by atoms with Crippen LogP contribution in [0.3, 0.4) is 0 Å². The summed E-state index contributed by atoms with van der Waals surface area (Å²) in [7, 11) is 0. The molecule has 210 valence electrons. The molecule has 1 aromatic rings. The maximum atomic E-state index is 12.0. The first-order chi connectivity index (χ1) is 18.1.